The van der Waals surface area contributed by atoms with Gasteiger partial charge in [-0.3, -0.25) is 4.79 Å². The Labute approximate surface area is 114 Å². The summed E-state index contributed by atoms with van der Waals surface area (Å²) < 4.78 is 1.27. The third kappa shape index (κ3) is 1.91. The van der Waals surface area contributed by atoms with Crippen molar-refractivity contribution < 1.29 is 5.11 Å². The Bertz CT molecular complexity index is 848. The van der Waals surface area contributed by atoms with Crippen LogP contribution in [0.5, 0.6) is 5.75 Å². The average Bonchev–Trinajstić information content (AvgIpc) is 2.86. The number of aromatic nitrogens is 3. The van der Waals surface area contributed by atoms with Crippen molar-refractivity contribution in [1.29, 1.82) is 0 Å². The van der Waals surface area contributed by atoms with E-state index < -0.39 is 0 Å². The first kappa shape index (κ1) is 12.3. The van der Waals surface area contributed by atoms with Crippen molar-refractivity contribution in [2.45, 2.75) is 6.92 Å². The number of aryl methyl sites for hydroxylation is 1. The van der Waals surface area contributed by atoms with Gasteiger partial charge in [0.15, 0.2) is 0 Å². The Morgan fingerprint density at radius 2 is 2.15 bits per heavy atom. The van der Waals surface area contributed by atoms with Crippen molar-refractivity contribution in [2.75, 3.05) is 5.32 Å². The van der Waals surface area contributed by atoms with Crippen LogP contribution in [-0.4, -0.2) is 19.9 Å². The first-order valence-electron chi connectivity index (χ1n) is 6.16. The second-order valence-electron chi connectivity index (χ2n) is 4.67. The third-order valence-corrected chi connectivity index (χ3v) is 3.32. The number of fused-ring (bicyclic) bond motifs is 1. The lowest BCUT2D eigenvalue weighted by Crippen LogP contribution is -2.22. The number of H-pyrrole nitrogens is 1. The van der Waals surface area contributed by atoms with E-state index in [1.165, 1.54) is 4.68 Å². The molecular formula is C14H14N4O2. The van der Waals surface area contributed by atoms with E-state index in [0.29, 0.717) is 16.9 Å². The number of aromatic amines is 1. The molecule has 0 bridgehead atoms. The van der Waals surface area contributed by atoms with Crippen LogP contribution in [-0.2, 0) is 7.05 Å². The van der Waals surface area contributed by atoms with Gasteiger partial charge in [0.2, 0.25) is 0 Å². The number of anilines is 2. The SMILES string of the molecule is Cc1c(Nc2cc3cc[nH]c3cc2O)cnn(C)c1=O. The lowest BCUT2D eigenvalue weighted by Gasteiger charge is -2.11. The summed E-state index contributed by atoms with van der Waals surface area (Å²) in [5, 5.41) is 18.0. The Kier molecular flexibility index (Phi) is 2.71. The van der Waals surface area contributed by atoms with Crippen molar-refractivity contribution in [3.05, 3.63) is 46.5 Å². The summed E-state index contributed by atoms with van der Waals surface area (Å²) in [6, 6.07) is 5.37. The molecular weight excluding hydrogens is 256 g/mol. The van der Waals surface area contributed by atoms with Gasteiger partial charge in [-0.15, -0.1) is 0 Å². The van der Waals surface area contributed by atoms with E-state index in [2.05, 4.69) is 15.4 Å². The van der Waals surface area contributed by atoms with Crippen LogP contribution >= 0.6 is 0 Å². The molecule has 0 aliphatic heterocycles. The van der Waals surface area contributed by atoms with Crippen molar-refractivity contribution in [3.63, 3.8) is 0 Å². The Morgan fingerprint density at radius 3 is 2.95 bits per heavy atom. The maximum absolute atomic E-state index is 11.8. The van der Waals surface area contributed by atoms with E-state index in [1.54, 1.807) is 32.4 Å². The summed E-state index contributed by atoms with van der Waals surface area (Å²) in [6.45, 7) is 1.72. The fourth-order valence-electron chi connectivity index (χ4n) is 2.11. The molecule has 3 rings (SSSR count). The second kappa shape index (κ2) is 4.41. The number of nitrogens with one attached hydrogen (secondary N) is 2. The van der Waals surface area contributed by atoms with Gasteiger partial charge in [0, 0.05) is 35.8 Å². The van der Waals surface area contributed by atoms with Gasteiger partial charge < -0.3 is 15.4 Å². The summed E-state index contributed by atoms with van der Waals surface area (Å²) >= 11 is 0. The van der Waals surface area contributed by atoms with Gasteiger partial charge in [0.05, 0.1) is 17.6 Å². The summed E-state index contributed by atoms with van der Waals surface area (Å²) in [7, 11) is 1.60. The highest BCUT2D eigenvalue weighted by atomic mass is 16.3. The standard InChI is InChI=1S/C14H14N4O2/c1-8-12(7-16-18(2)14(8)20)17-11-5-9-3-4-15-10(9)6-13(11)19/h3-7,15,17,19H,1-2H3. The topological polar surface area (TPSA) is 82.9 Å². The van der Waals surface area contributed by atoms with Crippen LogP contribution in [0.25, 0.3) is 10.9 Å². The molecule has 6 nitrogen and oxygen atoms in total. The molecule has 0 spiro atoms. The molecule has 0 fully saturated rings. The highest BCUT2D eigenvalue weighted by Gasteiger charge is 2.09. The Balaban J connectivity index is 2.07. The van der Waals surface area contributed by atoms with E-state index >= 15 is 0 Å². The van der Waals surface area contributed by atoms with Gasteiger partial charge in [0.25, 0.3) is 5.56 Å². The van der Waals surface area contributed by atoms with Crippen molar-refractivity contribution in [3.8, 4) is 5.75 Å². The highest BCUT2D eigenvalue weighted by Crippen LogP contribution is 2.31. The van der Waals surface area contributed by atoms with Crippen molar-refractivity contribution >= 4 is 22.3 Å². The third-order valence-electron chi connectivity index (χ3n) is 3.32. The smallest absolute Gasteiger partial charge is 0.271 e. The molecule has 6 heteroatoms. The van der Waals surface area contributed by atoms with E-state index in [4.69, 9.17) is 0 Å². The van der Waals surface area contributed by atoms with E-state index in [-0.39, 0.29) is 11.3 Å². The first-order valence-corrected chi connectivity index (χ1v) is 6.16. The summed E-state index contributed by atoms with van der Waals surface area (Å²) in [5.41, 5.74) is 2.36. The quantitative estimate of drug-likeness (QED) is 0.622. The highest BCUT2D eigenvalue weighted by molar-refractivity contribution is 5.87. The molecule has 0 atom stereocenters. The molecule has 20 heavy (non-hydrogen) atoms. The predicted octanol–water partition coefficient (Wildman–Crippen LogP) is 2.02. The molecule has 0 aliphatic carbocycles. The van der Waals surface area contributed by atoms with Gasteiger partial charge in [-0.1, -0.05) is 0 Å². The zero-order valence-corrected chi connectivity index (χ0v) is 11.1. The largest absolute Gasteiger partial charge is 0.506 e. The maximum Gasteiger partial charge on any atom is 0.271 e. The van der Waals surface area contributed by atoms with Crippen LogP contribution in [0.3, 0.4) is 0 Å². The minimum absolute atomic E-state index is 0.111. The number of phenols is 1. The van der Waals surface area contributed by atoms with Crippen LogP contribution < -0.4 is 10.9 Å². The fraction of sp³-hybridized carbons (Fsp3) is 0.143. The minimum Gasteiger partial charge on any atom is -0.506 e. The van der Waals surface area contributed by atoms with Crippen molar-refractivity contribution in [1.82, 2.24) is 14.8 Å². The Hall–Kier alpha value is -2.76. The molecule has 0 aliphatic rings. The van der Waals surface area contributed by atoms with Gasteiger partial charge in [-0.05, 0) is 19.1 Å². The first-order chi connectivity index (χ1) is 9.56. The molecule has 0 unspecified atom stereocenters. The number of rotatable bonds is 2. The van der Waals surface area contributed by atoms with Crippen LogP contribution in [0, 0.1) is 6.92 Å². The number of benzene rings is 1. The summed E-state index contributed by atoms with van der Waals surface area (Å²) in [6.07, 6.45) is 3.37. The zero-order chi connectivity index (χ0) is 14.3. The fourth-order valence-corrected chi connectivity index (χ4v) is 2.11. The number of hydrogen-bond acceptors (Lipinski definition) is 4. The molecule has 102 valence electrons. The Morgan fingerprint density at radius 1 is 1.35 bits per heavy atom. The normalized spacial score (nSPS) is 10.9. The molecule has 0 saturated carbocycles. The molecule has 1 aromatic carbocycles. The molecule has 3 aromatic rings. The molecule has 0 amide bonds. The van der Waals surface area contributed by atoms with E-state index in [9.17, 15) is 9.90 Å². The van der Waals surface area contributed by atoms with Crippen molar-refractivity contribution in [2.24, 2.45) is 7.05 Å². The van der Waals surface area contributed by atoms with Crippen LogP contribution in [0.4, 0.5) is 11.4 Å². The zero-order valence-electron chi connectivity index (χ0n) is 11.1. The number of hydrogen-bond donors (Lipinski definition) is 3. The van der Waals surface area contributed by atoms with Gasteiger partial charge in [0.1, 0.15) is 5.75 Å². The second-order valence-corrected chi connectivity index (χ2v) is 4.67. The monoisotopic (exact) mass is 270 g/mol. The molecule has 0 saturated heterocycles. The molecule has 0 radical (unpaired) electrons. The number of nitrogens with zero attached hydrogens (tertiary/aromatic N) is 2. The van der Waals surface area contributed by atoms with Gasteiger partial charge in [-0.25, -0.2) is 4.68 Å². The molecule has 2 heterocycles. The summed E-state index contributed by atoms with van der Waals surface area (Å²) in [5.74, 6) is 0.111. The predicted molar refractivity (Wildman–Crippen MR) is 77.5 cm³/mol. The van der Waals surface area contributed by atoms with E-state index in [0.717, 1.165) is 10.9 Å². The number of phenolic OH excluding ortho intramolecular Hbond substituents is 1. The van der Waals surface area contributed by atoms with Crippen LogP contribution in [0.1, 0.15) is 5.56 Å². The lowest BCUT2D eigenvalue weighted by molar-refractivity contribution is 0.478. The number of aromatic hydroxyl groups is 1. The molecule has 3 N–H and O–H groups in total. The van der Waals surface area contributed by atoms with E-state index in [1.807, 2.05) is 12.1 Å². The van der Waals surface area contributed by atoms with Gasteiger partial charge in [-0.2, -0.15) is 5.10 Å². The maximum atomic E-state index is 11.8. The van der Waals surface area contributed by atoms with Crippen LogP contribution in [0.15, 0.2) is 35.4 Å². The average molecular weight is 270 g/mol. The summed E-state index contributed by atoms with van der Waals surface area (Å²) in [4.78, 5) is 14.9. The molecule has 2 aromatic heterocycles. The van der Waals surface area contributed by atoms with Gasteiger partial charge >= 0.3 is 0 Å². The minimum atomic E-state index is -0.169. The lowest BCUT2D eigenvalue weighted by atomic mass is 10.2. The van der Waals surface area contributed by atoms with Crippen LogP contribution in [0.2, 0.25) is 0 Å².